The number of aromatic nitrogens is 4. The lowest BCUT2D eigenvalue weighted by Crippen LogP contribution is -2.29. The lowest BCUT2D eigenvalue weighted by Gasteiger charge is -2.28. The zero-order valence-electron chi connectivity index (χ0n) is 16.6. The molecule has 0 atom stereocenters. The predicted molar refractivity (Wildman–Crippen MR) is 115 cm³/mol. The largest absolute Gasteiger partial charge is 0.382 e. The maximum Gasteiger partial charge on any atom is 0.268 e. The molecule has 0 unspecified atom stereocenters. The minimum atomic E-state index is -0.858. The van der Waals surface area contributed by atoms with Crippen molar-refractivity contribution in [3.05, 3.63) is 64.7 Å². The Bertz CT molecular complexity index is 1300. The Balaban J connectivity index is 1.69. The van der Waals surface area contributed by atoms with Crippen LogP contribution in [0, 0.1) is 11.6 Å². The van der Waals surface area contributed by atoms with Gasteiger partial charge in [-0.25, -0.2) is 8.78 Å². The molecule has 1 aliphatic heterocycles. The van der Waals surface area contributed by atoms with Crippen molar-refractivity contribution in [2.24, 2.45) is 0 Å². The number of H-pyrrole nitrogens is 1. The number of hydrogen-bond donors (Lipinski definition) is 2. The Labute approximate surface area is 176 Å². The third-order valence-corrected chi connectivity index (χ3v) is 5.68. The number of para-hydroxylation sites is 1. The van der Waals surface area contributed by atoms with Crippen molar-refractivity contribution in [3.8, 4) is 16.9 Å². The summed E-state index contributed by atoms with van der Waals surface area (Å²) in [6.07, 6.45) is 6.66. The average molecular weight is 422 g/mol. The molecule has 4 aromatic rings. The molecule has 7 nitrogen and oxygen atoms in total. The molecule has 1 saturated heterocycles. The smallest absolute Gasteiger partial charge is 0.268 e. The van der Waals surface area contributed by atoms with E-state index in [0.717, 1.165) is 48.3 Å². The molecule has 0 saturated carbocycles. The molecule has 0 spiro atoms. The van der Waals surface area contributed by atoms with Crippen LogP contribution in [0.4, 0.5) is 20.3 Å². The van der Waals surface area contributed by atoms with Crippen LogP contribution in [0.15, 0.2) is 47.5 Å². The summed E-state index contributed by atoms with van der Waals surface area (Å²) in [4.78, 5) is 19.9. The summed E-state index contributed by atoms with van der Waals surface area (Å²) in [5.74, 6) is -1.76. The minimum absolute atomic E-state index is 0.0442. The van der Waals surface area contributed by atoms with Gasteiger partial charge in [0.15, 0.2) is 5.82 Å². The molecule has 3 aromatic heterocycles. The molecule has 31 heavy (non-hydrogen) atoms. The third-order valence-electron chi connectivity index (χ3n) is 5.68. The average Bonchev–Trinajstić information content (AvgIpc) is 3.18. The number of nitrogens with two attached hydrogens (primary N) is 1. The van der Waals surface area contributed by atoms with Crippen LogP contribution in [0.5, 0.6) is 0 Å². The first kappa shape index (κ1) is 19.2. The lowest BCUT2D eigenvalue weighted by molar-refractivity contribution is 0.567. The molecule has 1 fully saturated rings. The Morgan fingerprint density at radius 2 is 1.77 bits per heavy atom. The van der Waals surface area contributed by atoms with E-state index in [1.165, 1.54) is 18.7 Å². The molecule has 3 N–H and O–H groups in total. The fourth-order valence-corrected chi connectivity index (χ4v) is 4.10. The van der Waals surface area contributed by atoms with E-state index in [1.807, 2.05) is 12.1 Å². The van der Waals surface area contributed by atoms with Crippen LogP contribution in [-0.2, 0) is 0 Å². The molecular weight excluding hydrogens is 402 g/mol. The van der Waals surface area contributed by atoms with Gasteiger partial charge >= 0.3 is 0 Å². The van der Waals surface area contributed by atoms with Gasteiger partial charge in [-0.3, -0.25) is 19.4 Å². The van der Waals surface area contributed by atoms with E-state index in [0.29, 0.717) is 16.8 Å². The molecule has 0 amide bonds. The van der Waals surface area contributed by atoms with E-state index in [9.17, 15) is 13.6 Å². The number of hydrogen-bond acceptors (Lipinski definition) is 5. The van der Waals surface area contributed by atoms with Crippen LogP contribution in [0.25, 0.3) is 27.8 Å². The van der Waals surface area contributed by atoms with Gasteiger partial charge in [-0.1, -0.05) is 6.07 Å². The van der Waals surface area contributed by atoms with Gasteiger partial charge in [0.2, 0.25) is 0 Å². The summed E-state index contributed by atoms with van der Waals surface area (Å²) in [5, 5.41) is 6.74. The molecule has 1 aromatic carbocycles. The second kappa shape index (κ2) is 7.50. The molecular formula is C22H20F2N6O. The lowest BCUT2D eigenvalue weighted by atomic mass is 10.1. The van der Waals surface area contributed by atoms with Crippen LogP contribution in [0.2, 0.25) is 0 Å². The van der Waals surface area contributed by atoms with Gasteiger partial charge in [0.25, 0.3) is 5.56 Å². The summed E-state index contributed by atoms with van der Waals surface area (Å²) < 4.78 is 29.8. The second-order valence-corrected chi connectivity index (χ2v) is 7.60. The predicted octanol–water partition coefficient (Wildman–Crippen LogP) is 3.63. The Morgan fingerprint density at radius 1 is 1.03 bits per heavy atom. The summed E-state index contributed by atoms with van der Waals surface area (Å²) in [5.41, 5.74) is 7.13. The first-order valence-corrected chi connectivity index (χ1v) is 10.1. The summed E-state index contributed by atoms with van der Waals surface area (Å²) >= 11 is 0. The Morgan fingerprint density at radius 3 is 2.45 bits per heavy atom. The monoisotopic (exact) mass is 422 g/mol. The number of halogens is 2. The van der Waals surface area contributed by atoms with E-state index in [4.69, 9.17) is 5.73 Å². The summed E-state index contributed by atoms with van der Waals surface area (Å²) in [6.45, 7) is 1.97. The Hall–Kier alpha value is -3.75. The molecule has 9 heteroatoms. The molecule has 0 radical (unpaired) electrons. The van der Waals surface area contributed by atoms with Gasteiger partial charge in [-0.05, 0) is 43.5 Å². The van der Waals surface area contributed by atoms with Crippen molar-refractivity contribution in [2.75, 3.05) is 23.7 Å². The molecule has 4 heterocycles. The normalized spacial score (nSPS) is 14.3. The van der Waals surface area contributed by atoms with Crippen molar-refractivity contribution >= 4 is 22.4 Å². The van der Waals surface area contributed by atoms with Crippen LogP contribution in [0.1, 0.15) is 19.3 Å². The number of anilines is 2. The number of nitrogen functional groups attached to an aromatic ring is 1. The molecule has 1 aliphatic rings. The van der Waals surface area contributed by atoms with Crippen LogP contribution in [0.3, 0.4) is 0 Å². The molecule has 0 bridgehead atoms. The van der Waals surface area contributed by atoms with Gasteiger partial charge < -0.3 is 10.6 Å². The Kier molecular flexibility index (Phi) is 4.65. The molecule has 158 valence electrons. The summed E-state index contributed by atoms with van der Waals surface area (Å²) in [6, 6.07) is 7.21. The second-order valence-electron chi connectivity index (χ2n) is 7.60. The van der Waals surface area contributed by atoms with E-state index in [2.05, 4.69) is 20.1 Å². The van der Waals surface area contributed by atoms with Crippen molar-refractivity contribution in [1.82, 2.24) is 19.7 Å². The first-order valence-electron chi connectivity index (χ1n) is 10.1. The van der Waals surface area contributed by atoms with E-state index in [1.54, 1.807) is 6.20 Å². The standard InChI is InChI=1S/C22H20F2N6O/c23-15-5-4-6-16(24)20(15)30-12-14(19-18(22(30)31)21(25)28-27-19)17-8-7-13(11-26-17)29-9-2-1-3-10-29/h4-8,11-12H,1-3,9-10H2,(H3,25,27,28). The maximum absolute atomic E-state index is 14.5. The van der Waals surface area contributed by atoms with Crippen molar-refractivity contribution in [3.63, 3.8) is 0 Å². The van der Waals surface area contributed by atoms with Crippen molar-refractivity contribution < 1.29 is 8.78 Å². The van der Waals surface area contributed by atoms with E-state index in [-0.39, 0.29) is 11.2 Å². The van der Waals surface area contributed by atoms with Crippen LogP contribution < -0.4 is 16.2 Å². The van der Waals surface area contributed by atoms with Crippen molar-refractivity contribution in [1.29, 1.82) is 0 Å². The van der Waals surface area contributed by atoms with Gasteiger partial charge in [0.1, 0.15) is 22.7 Å². The topological polar surface area (TPSA) is 92.8 Å². The zero-order chi connectivity index (χ0) is 21.5. The van der Waals surface area contributed by atoms with Gasteiger partial charge in [0, 0.05) is 24.8 Å². The minimum Gasteiger partial charge on any atom is -0.382 e. The zero-order valence-corrected chi connectivity index (χ0v) is 16.6. The summed E-state index contributed by atoms with van der Waals surface area (Å²) in [7, 11) is 0. The van der Waals surface area contributed by atoms with E-state index >= 15 is 0 Å². The SMILES string of the molecule is Nc1n[nH]c2c(-c3ccc(N4CCCCC4)cn3)cn(-c3c(F)cccc3F)c(=O)c12. The highest BCUT2D eigenvalue weighted by molar-refractivity contribution is 5.97. The third kappa shape index (κ3) is 3.22. The number of nitrogens with zero attached hydrogens (tertiary/aromatic N) is 4. The van der Waals surface area contributed by atoms with Gasteiger partial charge in [-0.2, -0.15) is 5.10 Å². The fourth-order valence-electron chi connectivity index (χ4n) is 4.10. The number of nitrogens with one attached hydrogen (secondary N) is 1. The number of benzene rings is 1. The highest BCUT2D eigenvalue weighted by Crippen LogP contribution is 2.29. The number of pyridine rings is 2. The van der Waals surface area contributed by atoms with Crippen LogP contribution in [-0.4, -0.2) is 32.8 Å². The van der Waals surface area contributed by atoms with Gasteiger partial charge in [-0.15, -0.1) is 0 Å². The highest BCUT2D eigenvalue weighted by Gasteiger charge is 2.21. The van der Waals surface area contributed by atoms with E-state index < -0.39 is 22.9 Å². The number of piperidine rings is 1. The van der Waals surface area contributed by atoms with Crippen LogP contribution >= 0.6 is 0 Å². The number of rotatable bonds is 3. The van der Waals surface area contributed by atoms with Gasteiger partial charge in [0.05, 0.1) is 23.1 Å². The quantitative estimate of drug-likeness (QED) is 0.526. The molecule has 5 rings (SSSR count). The molecule has 0 aliphatic carbocycles. The van der Waals surface area contributed by atoms with Crippen molar-refractivity contribution in [2.45, 2.75) is 19.3 Å². The highest BCUT2D eigenvalue weighted by atomic mass is 19.1. The number of fused-ring (bicyclic) bond motifs is 1. The first-order chi connectivity index (χ1) is 15.0. The maximum atomic E-state index is 14.5. The fraction of sp³-hybridized carbons (Fsp3) is 0.227. The number of aromatic amines is 1.